The van der Waals surface area contributed by atoms with Gasteiger partial charge in [-0.05, 0) is 75.9 Å². The fourth-order valence-electron chi connectivity index (χ4n) is 5.60. The number of carboxylic acids is 1. The van der Waals surface area contributed by atoms with Crippen LogP contribution in [0.2, 0.25) is 0 Å². The molecule has 194 valence electrons. The van der Waals surface area contributed by atoms with Gasteiger partial charge < -0.3 is 15.3 Å². The Balaban J connectivity index is 1.30. The number of nitrogens with zero attached hydrogens (tertiary/aromatic N) is 3. The van der Waals surface area contributed by atoms with Crippen LogP contribution in [0.15, 0.2) is 60.7 Å². The molecule has 1 aliphatic carbocycles. The van der Waals surface area contributed by atoms with Crippen LogP contribution in [0, 0.1) is 11.8 Å². The predicted molar refractivity (Wildman–Crippen MR) is 142 cm³/mol. The molecule has 0 spiro atoms. The van der Waals surface area contributed by atoms with E-state index in [1.165, 1.54) is 10.7 Å². The third kappa shape index (κ3) is 4.80. The summed E-state index contributed by atoms with van der Waals surface area (Å²) >= 11 is 0. The van der Waals surface area contributed by atoms with E-state index in [-0.39, 0.29) is 35.3 Å². The maximum Gasteiger partial charge on any atom is 0.354 e. The Labute approximate surface area is 221 Å². The van der Waals surface area contributed by atoms with Gasteiger partial charge in [0.05, 0.1) is 11.6 Å². The molecule has 1 aromatic heterocycles. The molecule has 1 aliphatic heterocycles. The van der Waals surface area contributed by atoms with Crippen molar-refractivity contribution < 1.29 is 19.5 Å². The topological polar surface area (TPSA) is 105 Å². The van der Waals surface area contributed by atoms with E-state index in [9.17, 15) is 19.5 Å². The molecule has 2 amide bonds. The normalized spacial score (nSPS) is 20.1. The minimum absolute atomic E-state index is 0.00885. The third-order valence-electron chi connectivity index (χ3n) is 7.47. The summed E-state index contributed by atoms with van der Waals surface area (Å²) < 4.78 is 1.36. The molecule has 2 atom stereocenters. The first kappa shape index (κ1) is 25.3. The van der Waals surface area contributed by atoms with Crippen molar-refractivity contribution in [3.8, 4) is 11.8 Å². The highest BCUT2D eigenvalue weighted by Gasteiger charge is 2.53. The second kappa shape index (κ2) is 10.2. The largest absolute Gasteiger partial charge is 0.477 e. The van der Waals surface area contributed by atoms with Crippen LogP contribution >= 0.6 is 0 Å². The second-order valence-corrected chi connectivity index (χ2v) is 10.2. The van der Waals surface area contributed by atoms with E-state index in [1.54, 1.807) is 17.0 Å². The summed E-state index contributed by atoms with van der Waals surface area (Å²) in [5.74, 6) is 4.65. The van der Waals surface area contributed by atoms with Crippen LogP contribution in [0.25, 0.3) is 0 Å². The number of rotatable bonds is 5. The number of carbonyl (C=O) groups is 3. The number of carboxylic acid groups (broad SMARTS) is 1. The van der Waals surface area contributed by atoms with Crippen molar-refractivity contribution >= 4 is 17.8 Å². The Morgan fingerprint density at radius 2 is 1.71 bits per heavy atom. The molecule has 2 aromatic carbocycles. The van der Waals surface area contributed by atoms with Crippen LogP contribution in [-0.4, -0.2) is 55.7 Å². The van der Waals surface area contributed by atoms with E-state index in [2.05, 4.69) is 22.3 Å². The first-order valence-electron chi connectivity index (χ1n) is 12.9. The summed E-state index contributed by atoms with van der Waals surface area (Å²) in [6.45, 7) is 4.13. The molecule has 38 heavy (non-hydrogen) atoms. The van der Waals surface area contributed by atoms with Gasteiger partial charge in [0.25, 0.3) is 11.8 Å². The molecule has 0 bridgehead atoms. The minimum Gasteiger partial charge on any atom is -0.477 e. The van der Waals surface area contributed by atoms with Gasteiger partial charge in [0, 0.05) is 35.3 Å². The Morgan fingerprint density at radius 1 is 1.03 bits per heavy atom. The standard InChI is InChI=1S/C30H30N4O4/c1-20(2)34-25(29(37)38)19-24(32-34)28(36)33-18-17-30(16-6-9-26(30)33)31-27(35)23-14-12-22(13-15-23)11-10-21-7-4-3-5-8-21/h3-5,7-8,12-15,19-20,26H,6,9,16-18H2,1-2H3,(H,31,35)(H,37,38)/t26-,30+/m0/s1. The van der Waals surface area contributed by atoms with Crippen LogP contribution in [0.1, 0.15) is 88.0 Å². The van der Waals surface area contributed by atoms with E-state index in [4.69, 9.17) is 0 Å². The Morgan fingerprint density at radius 3 is 2.34 bits per heavy atom. The molecule has 1 saturated carbocycles. The summed E-state index contributed by atoms with van der Waals surface area (Å²) in [7, 11) is 0. The average molecular weight is 511 g/mol. The predicted octanol–water partition coefficient (Wildman–Crippen LogP) is 4.13. The molecule has 1 saturated heterocycles. The van der Waals surface area contributed by atoms with E-state index in [0.29, 0.717) is 18.5 Å². The van der Waals surface area contributed by atoms with Gasteiger partial charge in [-0.3, -0.25) is 14.3 Å². The van der Waals surface area contributed by atoms with Gasteiger partial charge >= 0.3 is 5.97 Å². The molecule has 8 nitrogen and oxygen atoms in total. The molecule has 3 aromatic rings. The number of carbonyl (C=O) groups excluding carboxylic acids is 2. The minimum atomic E-state index is -1.12. The van der Waals surface area contributed by atoms with E-state index in [0.717, 1.165) is 30.4 Å². The van der Waals surface area contributed by atoms with Crippen LogP contribution in [0.5, 0.6) is 0 Å². The zero-order valence-electron chi connectivity index (χ0n) is 21.5. The number of amides is 2. The molecule has 5 rings (SSSR count). The first-order chi connectivity index (χ1) is 18.3. The van der Waals surface area contributed by atoms with Crippen LogP contribution in [0.3, 0.4) is 0 Å². The molecule has 0 radical (unpaired) electrons. The summed E-state index contributed by atoms with van der Waals surface area (Å²) in [6, 6.07) is 17.9. The highest BCUT2D eigenvalue weighted by molar-refractivity contribution is 5.97. The molecule has 0 unspecified atom stereocenters. The van der Waals surface area contributed by atoms with Gasteiger partial charge in [-0.25, -0.2) is 4.79 Å². The van der Waals surface area contributed by atoms with Gasteiger partial charge in [0.15, 0.2) is 5.69 Å². The fraction of sp³-hybridized carbons (Fsp3) is 0.333. The highest BCUT2D eigenvalue weighted by Crippen LogP contribution is 2.42. The number of aromatic carboxylic acids is 1. The Hall–Kier alpha value is -4.38. The maximum atomic E-state index is 13.4. The Kier molecular flexibility index (Phi) is 6.77. The van der Waals surface area contributed by atoms with Crippen molar-refractivity contribution in [1.29, 1.82) is 0 Å². The van der Waals surface area contributed by atoms with Crippen molar-refractivity contribution in [3.05, 3.63) is 88.7 Å². The maximum absolute atomic E-state index is 13.4. The van der Waals surface area contributed by atoms with Gasteiger partial charge in [0.2, 0.25) is 0 Å². The Bertz CT molecular complexity index is 1430. The number of likely N-dealkylation sites (tertiary alicyclic amines) is 1. The van der Waals surface area contributed by atoms with E-state index >= 15 is 0 Å². The average Bonchev–Trinajstić information content (AvgIpc) is 3.62. The number of benzene rings is 2. The quantitative estimate of drug-likeness (QED) is 0.503. The molecule has 2 heterocycles. The number of hydrogen-bond donors (Lipinski definition) is 2. The lowest BCUT2D eigenvalue weighted by molar-refractivity contribution is 0.0678. The lowest BCUT2D eigenvalue weighted by Crippen LogP contribution is -2.54. The summed E-state index contributed by atoms with van der Waals surface area (Å²) in [4.78, 5) is 40.1. The van der Waals surface area contributed by atoms with Crippen molar-refractivity contribution in [3.63, 3.8) is 0 Å². The van der Waals surface area contributed by atoms with Crippen molar-refractivity contribution in [2.24, 2.45) is 0 Å². The van der Waals surface area contributed by atoms with Gasteiger partial charge in [-0.1, -0.05) is 30.0 Å². The highest BCUT2D eigenvalue weighted by atomic mass is 16.4. The smallest absolute Gasteiger partial charge is 0.354 e. The monoisotopic (exact) mass is 510 g/mol. The molecular formula is C30H30N4O4. The van der Waals surface area contributed by atoms with E-state index in [1.807, 2.05) is 56.3 Å². The zero-order valence-corrected chi connectivity index (χ0v) is 21.5. The van der Waals surface area contributed by atoms with Crippen LogP contribution in [0.4, 0.5) is 0 Å². The molecular weight excluding hydrogens is 480 g/mol. The number of hydrogen-bond acceptors (Lipinski definition) is 4. The number of aromatic nitrogens is 2. The van der Waals surface area contributed by atoms with Crippen LogP contribution < -0.4 is 5.32 Å². The lowest BCUT2D eigenvalue weighted by atomic mass is 9.92. The van der Waals surface area contributed by atoms with Crippen molar-refractivity contribution in [2.75, 3.05) is 6.54 Å². The molecule has 8 heteroatoms. The fourth-order valence-corrected chi connectivity index (χ4v) is 5.60. The van der Waals surface area contributed by atoms with Gasteiger partial charge in [-0.2, -0.15) is 5.10 Å². The molecule has 2 N–H and O–H groups in total. The zero-order chi connectivity index (χ0) is 26.9. The van der Waals surface area contributed by atoms with Gasteiger partial charge in [-0.15, -0.1) is 0 Å². The second-order valence-electron chi connectivity index (χ2n) is 10.2. The van der Waals surface area contributed by atoms with Crippen LogP contribution in [-0.2, 0) is 0 Å². The first-order valence-corrected chi connectivity index (χ1v) is 12.9. The number of nitrogens with one attached hydrogen (secondary N) is 1. The third-order valence-corrected chi connectivity index (χ3v) is 7.47. The van der Waals surface area contributed by atoms with Gasteiger partial charge in [0.1, 0.15) is 5.69 Å². The molecule has 2 fully saturated rings. The van der Waals surface area contributed by atoms with Crippen molar-refractivity contribution in [1.82, 2.24) is 20.0 Å². The SMILES string of the molecule is CC(C)n1nc(C(=O)N2CC[C@]3(NC(=O)c4ccc(C#Cc5ccccc5)cc4)CCC[C@H]23)cc1C(=O)O. The summed E-state index contributed by atoms with van der Waals surface area (Å²) in [5.41, 5.74) is 1.90. The molecule has 2 aliphatic rings. The summed E-state index contributed by atoms with van der Waals surface area (Å²) in [6.07, 6.45) is 3.10. The number of fused-ring (bicyclic) bond motifs is 1. The van der Waals surface area contributed by atoms with Crippen molar-refractivity contribution in [2.45, 2.75) is 57.2 Å². The lowest BCUT2D eigenvalue weighted by Gasteiger charge is -2.33. The summed E-state index contributed by atoms with van der Waals surface area (Å²) in [5, 5.41) is 17.1. The van der Waals surface area contributed by atoms with E-state index < -0.39 is 11.5 Å².